The van der Waals surface area contributed by atoms with Gasteiger partial charge in [0.25, 0.3) is 0 Å². The minimum atomic E-state index is 0.787. The van der Waals surface area contributed by atoms with Crippen molar-refractivity contribution >= 4 is 75.1 Å². The van der Waals surface area contributed by atoms with Crippen LogP contribution in [-0.4, -0.2) is 9.13 Å². The molecule has 15 aromatic rings. The van der Waals surface area contributed by atoms with Crippen LogP contribution in [0.5, 0.6) is 11.5 Å². The summed E-state index contributed by atoms with van der Waals surface area (Å²) in [5.74, 6) is 1.58. The second kappa shape index (κ2) is 18.0. The summed E-state index contributed by atoms with van der Waals surface area (Å²) in [6.45, 7) is 0. The van der Waals surface area contributed by atoms with Crippen molar-refractivity contribution < 1.29 is 4.74 Å². The largest absolute Gasteiger partial charge is 0.457 e. The summed E-state index contributed by atoms with van der Waals surface area (Å²) in [6.07, 6.45) is 0. The highest BCUT2D eigenvalue weighted by molar-refractivity contribution is 7.25. The lowest BCUT2D eigenvalue weighted by molar-refractivity contribution is 0.483. The molecule has 0 fully saturated rings. The van der Waals surface area contributed by atoms with E-state index < -0.39 is 0 Å². The minimum absolute atomic E-state index is 0.787. The van der Waals surface area contributed by atoms with Crippen LogP contribution in [0.15, 0.2) is 279 Å². The number of fused-ring (bicyclic) bond motifs is 9. The number of para-hydroxylation sites is 2. The summed E-state index contributed by atoms with van der Waals surface area (Å²) in [4.78, 5) is 0. The van der Waals surface area contributed by atoms with Gasteiger partial charge in [0, 0.05) is 53.1 Å². The van der Waals surface area contributed by atoms with Crippen LogP contribution in [-0.2, 0) is 0 Å². The first-order chi connectivity index (χ1) is 37.6. The first-order valence-electron chi connectivity index (χ1n) is 25.9. The van der Waals surface area contributed by atoms with Crippen molar-refractivity contribution in [2.45, 2.75) is 0 Å². The Bertz CT molecular complexity index is 4750. The third-order valence-corrected chi connectivity index (χ3v) is 16.3. The quantitative estimate of drug-likeness (QED) is 0.141. The van der Waals surface area contributed by atoms with Gasteiger partial charge in [0.2, 0.25) is 0 Å². The van der Waals surface area contributed by atoms with Gasteiger partial charge in [0.05, 0.1) is 22.1 Å². The third kappa shape index (κ3) is 7.57. The molecule has 0 aliphatic heterocycles. The maximum Gasteiger partial charge on any atom is 0.128 e. The van der Waals surface area contributed by atoms with Crippen LogP contribution >= 0.6 is 11.3 Å². The molecule has 4 heteroatoms. The molecule has 0 spiro atoms. The zero-order valence-electron chi connectivity index (χ0n) is 41.3. The SMILES string of the molecule is c1ccc(-c2cccc(-c3cccc(-c4cccc(-c5cccc(-c6cccc(Oc7ccc8c(c7)c7ccccc7n8-c7ccc8c(c7)c7ccccc7n8-c7ccc8sc9ccccc9c8c7)c6)c5)c4)c3)c2)cc1. The van der Waals surface area contributed by atoms with Crippen LogP contribution in [0.2, 0.25) is 0 Å². The van der Waals surface area contributed by atoms with E-state index in [9.17, 15) is 0 Å². The van der Waals surface area contributed by atoms with E-state index in [1.54, 1.807) is 0 Å². The Kier molecular flexibility index (Phi) is 10.4. The van der Waals surface area contributed by atoms with E-state index in [4.69, 9.17) is 4.74 Å². The number of hydrogen-bond acceptors (Lipinski definition) is 2. The summed E-state index contributed by atoms with van der Waals surface area (Å²) >= 11 is 1.86. The number of hydrogen-bond donors (Lipinski definition) is 0. The number of benzene rings is 12. The zero-order valence-corrected chi connectivity index (χ0v) is 42.1. The number of ether oxygens (including phenoxy) is 1. The molecule has 0 bridgehead atoms. The minimum Gasteiger partial charge on any atom is -0.457 e. The van der Waals surface area contributed by atoms with E-state index in [1.807, 2.05) is 17.4 Å². The standard InChI is InChI=1S/C72H46N2OS/c1-2-15-47(16-3-1)48-17-10-18-49(39-48)50-19-11-20-51(40-50)52-21-12-22-53(41-52)54-23-13-24-55(42-54)56-25-14-26-59(43-56)75-60-35-37-70-65(46-60)62-28-5-8-31-68(62)73(70)57-33-36-69-64(44-57)61-27-4-7-30-67(61)74(69)58-34-38-72-66(45-58)63-29-6-9-32-71(63)76-72/h1-46H. The summed E-state index contributed by atoms with van der Waals surface area (Å²) in [6, 6.07) is 101. The normalized spacial score (nSPS) is 11.7. The molecule has 0 saturated carbocycles. The molecule has 0 saturated heterocycles. The number of thiophene rings is 1. The Morgan fingerprint density at radius 2 is 0.605 bits per heavy atom. The molecule has 0 unspecified atom stereocenters. The molecular weight excluding hydrogens is 941 g/mol. The van der Waals surface area contributed by atoms with Gasteiger partial charge < -0.3 is 13.9 Å². The fourth-order valence-electron chi connectivity index (χ4n) is 11.5. The van der Waals surface area contributed by atoms with E-state index in [2.05, 4.69) is 282 Å². The molecule has 12 aromatic carbocycles. The van der Waals surface area contributed by atoms with E-state index in [0.29, 0.717) is 0 Å². The van der Waals surface area contributed by atoms with Crippen molar-refractivity contribution in [1.82, 2.24) is 9.13 Å². The van der Waals surface area contributed by atoms with Crippen molar-refractivity contribution in [3.05, 3.63) is 279 Å². The van der Waals surface area contributed by atoms with Gasteiger partial charge in [-0.15, -0.1) is 11.3 Å². The van der Waals surface area contributed by atoms with Crippen LogP contribution < -0.4 is 4.74 Å². The average Bonchev–Trinajstić information content (AvgIpc) is 4.22. The van der Waals surface area contributed by atoms with Gasteiger partial charge in [-0.3, -0.25) is 0 Å². The molecular formula is C72H46N2OS. The highest BCUT2D eigenvalue weighted by Crippen LogP contribution is 2.42. The second-order valence-corrected chi connectivity index (χ2v) is 20.8. The molecule has 0 aliphatic rings. The summed E-state index contributed by atoms with van der Waals surface area (Å²) in [5.41, 5.74) is 18.7. The Morgan fingerprint density at radius 1 is 0.224 bits per heavy atom. The lowest BCUT2D eigenvalue weighted by Gasteiger charge is -2.12. The summed E-state index contributed by atoms with van der Waals surface area (Å²) < 4.78 is 14.2. The fourth-order valence-corrected chi connectivity index (χ4v) is 12.6. The predicted octanol–water partition coefficient (Wildman–Crippen LogP) is 20.4. The Morgan fingerprint density at radius 3 is 1.18 bits per heavy atom. The van der Waals surface area contributed by atoms with Crippen molar-refractivity contribution in [1.29, 1.82) is 0 Å². The zero-order chi connectivity index (χ0) is 50.1. The third-order valence-electron chi connectivity index (χ3n) is 15.1. The Labute approximate surface area is 444 Å². The molecule has 0 atom stereocenters. The highest BCUT2D eigenvalue weighted by Gasteiger charge is 2.18. The Balaban J connectivity index is 0.727. The van der Waals surface area contributed by atoms with Crippen LogP contribution in [0.4, 0.5) is 0 Å². The Hall–Kier alpha value is -9.74. The molecule has 15 rings (SSSR count). The van der Waals surface area contributed by atoms with E-state index in [1.165, 1.54) is 92.0 Å². The van der Waals surface area contributed by atoms with Gasteiger partial charge in [-0.05, 0) is 165 Å². The number of nitrogens with zero attached hydrogens (tertiary/aromatic N) is 2. The number of rotatable bonds is 9. The molecule has 0 amide bonds. The highest BCUT2D eigenvalue weighted by atomic mass is 32.1. The molecule has 356 valence electrons. The van der Waals surface area contributed by atoms with Crippen LogP contribution in [0, 0.1) is 0 Å². The van der Waals surface area contributed by atoms with Crippen LogP contribution in [0.25, 0.3) is 131 Å². The molecule has 3 aromatic heterocycles. The first-order valence-corrected chi connectivity index (χ1v) is 26.7. The molecule has 3 nitrogen and oxygen atoms in total. The van der Waals surface area contributed by atoms with Gasteiger partial charge >= 0.3 is 0 Å². The van der Waals surface area contributed by atoms with Gasteiger partial charge in [0.1, 0.15) is 11.5 Å². The van der Waals surface area contributed by atoms with E-state index >= 15 is 0 Å². The predicted molar refractivity (Wildman–Crippen MR) is 322 cm³/mol. The average molecular weight is 987 g/mol. The van der Waals surface area contributed by atoms with Gasteiger partial charge in [0.15, 0.2) is 0 Å². The van der Waals surface area contributed by atoms with Crippen molar-refractivity contribution in [2.75, 3.05) is 0 Å². The molecule has 0 aliphatic carbocycles. The monoisotopic (exact) mass is 986 g/mol. The summed E-state index contributed by atoms with van der Waals surface area (Å²) in [5, 5.41) is 7.37. The van der Waals surface area contributed by atoms with Crippen LogP contribution in [0.3, 0.4) is 0 Å². The smallest absolute Gasteiger partial charge is 0.128 e. The van der Waals surface area contributed by atoms with Gasteiger partial charge in [-0.25, -0.2) is 0 Å². The maximum atomic E-state index is 6.75. The lowest BCUT2D eigenvalue weighted by Crippen LogP contribution is -1.96. The van der Waals surface area contributed by atoms with E-state index in [-0.39, 0.29) is 0 Å². The lowest BCUT2D eigenvalue weighted by atomic mass is 9.94. The molecule has 76 heavy (non-hydrogen) atoms. The maximum absolute atomic E-state index is 6.75. The molecule has 0 N–H and O–H groups in total. The van der Waals surface area contributed by atoms with Crippen molar-refractivity contribution in [3.8, 4) is 78.5 Å². The van der Waals surface area contributed by atoms with Crippen molar-refractivity contribution in [2.24, 2.45) is 0 Å². The summed E-state index contributed by atoms with van der Waals surface area (Å²) in [7, 11) is 0. The van der Waals surface area contributed by atoms with Gasteiger partial charge in [-0.1, -0.05) is 170 Å². The van der Waals surface area contributed by atoms with Gasteiger partial charge in [-0.2, -0.15) is 0 Å². The fraction of sp³-hybridized carbons (Fsp3) is 0. The van der Waals surface area contributed by atoms with E-state index in [0.717, 1.165) is 50.3 Å². The topological polar surface area (TPSA) is 19.1 Å². The molecule has 3 heterocycles. The second-order valence-electron chi connectivity index (χ2n) is 19.7. The van der Waals surface area contributed by atoms with Crippen molar-refractivity contribution in [3.63, 3.8) is 0 Å². The first kappa shape index (κ1) is 43.8. The molecule has 0 radical (unpaired) electrons. The van der Waals surface area contributed by atoms with Crippen LogP contribution in [0.1, 0.15) is 0 Å². The number of aromatic nitrogens is 2.